The van der Waals surface area contributed by atoms with E-state index < -0.39 is 6.10 Å². The van der Waals surface area contributed by atoms with E-state index in [2.05, 4.69) is 99.8 Å². The summed E-state index contributed by atoms with van der Waals surface area (Å²) in [7, 11) is 0. The molecule has 0 heterocycles. The van der Waals surface area contributed by atoms with Crippen LogP contribution in [0.2, 0.25) is 0 Å². The van der Waals surface area contributed by atoms with E-state index in [4.69, 9.17) is 14.2 Å². The molecule has 0 aliphatic carbocycles. The molecule has 0 radical (unpaired) electrons. The van der Waals surface area contributed by atoms with Gasteiger partial charge in [-0.1, -0.05) is 221 Å². The van der Waals surface area contributed by atoms with Gasteiger partial charge in [0.15, 0.2) is 6.10 Å². The Morgan fingerprint density at radius 3 is 1.06 bits per heavy atom. The minimum atomic E-state index is -0.809. The van der Waals surface area contributed by atoms with Crippen LogP contribution in [0, 0.1) is 0 Å². The van der Waals surface area contributed by atoms with Crippen molar-refractivity contribution in [2.24, 2.45) is 0 Å². The molecule has 0 bridgehead atoms. The summed E-state index contributed by atoms with van der Waals surface area (Å²) >= 11 is 0. The van der Waals surface area contributed by atoms with Crippen molar-refractivity contribution in [1.29, 1.82) is 0 Å². The van der Waals surface area contributed by atoms with E-state index >= 15 is 0 Å². The molecule has 0 N–H and O–H groups in total. The number of rotatable bonds is 46. The summed E-state index contributed by atoms with van der Waals surface area (Å²) in [6, 6.07) is 0. The molecule has 0 amide bonds. The fourth-order valence-corrected chi connectivity index (χ4v) is 6.99. The van der Waals surface area contributed by atoms with E-state index in [0.29, 0.717) is 19.3 Å². The van der Waals surface area contributed by atoms with Crippen molar-refractivity contribution in [2.75, 3.05) is 13.2 Å². The first-order chi connectivity index (χ1) is 31.0. The third kappa shape index (κ3) is 49.5. The lowest BCUT2D eigenvalue weighted by Crippen LogP contribution is -2.30. The lowest BCUT2D eigenvalue weighted by molar-refractivity contribution is -0.166. The molecule has 0 aliphatic rings. The van der Waals surface area contributed by atoms with E-state index in [9.17, 15) is 14.4 Å². The monoisotopic (exact) mass is 877 g/mol. The van der Waals surface area contributed by atoms with E-state index in [0.717, 1.165) is 89.9 Å². The van der Waals surface area contributed by atoms with Crippen LogP contribution in [0.4, 0.5) is 0 Å². The summed E-state index contributed by atoms with van der Waals surface area (Å²) in [6.45, 7) is 6.44. The maximum atomic E-state index is 12.8. The number of carbonyl (C=O) groups excluding carboxylic acids is 3. The van der Waals surface area contributed by atoms with Gasteiger partial charge < -0.3 is 14.2 Å². The Bertz CT molecular complexity index is 1240. The molecule has 0 aliphatic heterocycles. The molecule has 0 spiro atoms. The van der Waals surface area contributed by atoms with Gasteiger partial charge in [0.1, 0.15) is 13.2 Å². The predicted molar refractivity (Wildman–Crippen MR) is 270 cm³/mol. The number of carbonyl (C=O) groups is 3. The minimum Gasteiger partial charge on any atom is -0.462 e. The van der Waals surface area contributed by atoms with E-state index in [1.807, 2.05) is 6.08 Å². The summed E-state index contributed by atoms with van der Waals surface area (Å²) in [6.07, 6.45) is 65.8. The van der Waals surface area contributed by atoms with Gasteiger partial charge in [-0.05, 0) is 83.5 Å². The Hall–Kier alpha value is -3.41. The zero-order valence-electron chi connectivity index (χ0n) is 41.1. The summed E-state index contributed by atoms with van der Waals surface area (Å²) < 4.78 is 16.7. The van der Waals surface area contributed by atoms with Gasteiger partial charge in [0, 0.05) is 19.3 Å². The smallest absolute Gasteiger partial charge is 0.306 e. The third-order valence-corrected chi connectivity index (χ3v) is 10.9. The van der Waals surface area contributed by atoms with Crippen LogP contribution in [0.1, 0.15) is 239 Å². The first kappa shape index (κ1) is 59.6. The largest absolute Gasteiger partial charge is 0.462 e. The molecule has 0 rings (SSSR count). The van der Waals surface area contributed by atoms with Crippen LogP contribution in [0.5, 0.6) is 0 Å². The molecule has 0 saturated heterocycles. The van der Waals surface area contributed by atoms with Crippen LogP contribution in [0.25, 0.3) is 0 Å². The number of unbranched alkanes of at least 4 members (excludes halogenated alkanes) is 21. The highest BCUT2D eigenvalue weighted by Crippen LogP contribution is 2.14. The quantitative estimate of drug-likeness (QED) is 0.0262. The van der Waals surface area contributed by atoms with Crippen molar-refractivity contribution in [3.63, 3.8) is 0 Å². The maximum Gasteiger partial charge on any atom is 0.306 e. The van der Waals surface area contributed by atoms with Crippen LogP contribution >= 0.6 is 0 Å². The van der Waals surface area contributed by atoms with Gasteiger partial charge in [0.05, 0.1) is 0 Å². The van der Waals surface area contributed by atoms with Gasteiger partial charge in [0.2, 0.25) is 0 Å². The van der Waals surface area contributed by atoms with Gasteiger partial charge in [0.25, 0.3) is 0 Å². The van der Waals surface area contributed by atoms with Crippen molar-refractivity contribution < 1.29 is 28.6 Å². The molecule has 0 aromatic rings. The van der Waals surface area contributed by atoms with Crippen molar-refractivity contribution in [3.8, 4) is 0 Å². The highest BCUT2D eigenvalue weighted by molar-refractivity contribution is 5.71. The molecule has 0 fully saturated rings. The number of esters is 3. The standard InChI is InChI=1S/C57H96O6/c1-4-7-10-13-16-19-22-24-26-27-28-29-31-32-35-38-41-44-47-50-56(59)62-53-54(52-61-55(58)49-46-43-40-37-34-21-18-15-12-9-6-3)63-57(60)51-48-45-42-39-36-33-30-25-23-20-17-14-11-8-5-2/h7,10,16,19,24-26,28-30,32,35,41,44,54H,4-6,8-9,11-15,17-18,20-23,27,31,33-34,36-40,42-43,45-53H2,1-3H3/b10-7-,19-16-,26-24-,29-28-,30-25-,35-32-,44-41-/t54-/m1/s1. The zero-order valence-corrected chi connectivity index (χ0v) is 41.1. The van der Waals surface area contributed by atoms with Crippen LogP contribution < -0.4 is 0 Å². The van der Waals surface area contributed by atoms with Crippen molar-refractivity contribution in [2.45, 2.75) is 245 Å². The van der Waals surface area contributed by atoms with E-state index in [-0.39, 0.29) is 37.5 Å². The Labute approximate surface area is 388 Å². The second kappa shape index (κ2) is 51.2. The summed E-state index contributed by atoms with van der Waals surface area (Å²) in [5, 5.41) is 0. The van der Waals surface area contributed by atoms with Gasteiger partial charge in [-0.25, -0.2) is 0 Å². The highest BCUT2D eigenvalue weighted by atomic mass is 16.6. The Kier molecular flexibility index (Phi) is 48.5. The normalized spacial score (nSPS) is 12.7. The molecule has 63 heavy (non-hydrogen) atoms. The third-order valence-electron chi connectivity index (χ3n) is 10.9. The second-order valence-electron chi connectivity index (χ2n) is 17.1. The van der Waals surface area contributed by atoms with Gasteiger partial charge in [-0.2, -0.15) is 0 Å². The Morgan fingerprint density at radius 1 is 0.333 bits per heavy atom. The molecule has 0 unspecified atom stereocenters. The predicted octanol–water partition coefficient (Wildman–Crippen LogP) is 17.2. The lowest BCUT2D eigenvalue weighted by Gasteiger charge is -2.18. The van der Waals surface area contributed by atoms with Crippen molar-refractivity contribution in [3.05, 3.63) is 85.1 Å². The van der Waals surface area contributed by atoms with Crippen molar-refractivity contribution >= 4 is 17.9 Å². The average Bonchev–Trinajstić information content (AvgIpc) is 3.28. The van der Waals surface area contributed by atoms with Gasteiger partial charge in [-0.15, -0.1) is 0 Å². The highest BCUT2D eigenvalue weighted by Gasteiger charge is 2.19. The zero-order chi connectivity index (χ0) is 45.8. The number of ether oxygens (including phenoxy) is 3. The van der Waals surface area contributed by atoms with Gasteiger partial charge in [-0.3, -0.25) is 14.4 Å². The lowest BCUT2D eigenvalue weighted by atomic mass is 10.1. The second-order valence-corrected chi connectivity index (χ2v) is 17.1. The van der Waals surface area contributed by atoms with Crippen molar-refractivity contribution in [1.82, 2.24) is 0 Å². The first-order valence-corrected chi connectivity index (χ1v) is 26.1. The minimum absolute atomic E-state index is 0.102. The molecule has 0 saturated carbocycles. The Balaban J connectivity index is 4.49. The Morgan fingerprint density at radius 2 is 0.651 bits per heavy atom. The molecule has 360 valence electrons. The molecule has 6 heteroatoms. The fraction of sp³-hybridized carbons (Fsp3) is 0.702. The molecular weight excluding hydrogens is 781 g/mol. The molecular formula is C57H96O6. The number of hydrogen-bond acceptors (Lipinski definition) is 6. The average molecular weight is 877 g/mol. The molecule has 0 aromatic carbocycles. The maximum absolute atomic E-state index is 12.8. The molecule has 1 atom stereocenters. The molecule has 0 aromatic heterocycles. The number of allylic oxidation sites excluding steroid dienone is 14. The van der Waals surface area contributed by atoms with Gasteiger partial charge >= 0.3 is 17.9 Å². The van der Waals surface area contributed by atoms with E-state index in [1.165, 1.54) is 103 Å². The summed E-state index contributed by atoms with van der Waals surface area (Å²) in [5.41, 5.74) is 0. The van der Waals surface area contributed by atoms with E-state index in [1.54, 1.807) is 0 Å². The molecule has 6 nitrogen and oxygen atoms in total. The van der Waals surface area contributed by atoms with Crippen LogP contribution in [-0.2, 0) is 28.6 Å². The number of hydrogen-bond donors (Lipinski definition) is 0. The van der Waals surface area contributed by atoms with Crippen LogP contribution in [0.3, 0.4) is 0 Å². The van der Waals surface area contributed by atoms with Crippen LogP contribution in [0.15, 0.2) is 85.1 Å². The topological polar surface area (TPSA) is 78.9 Å². The SMILES string of the molecule is CC/C=C\C/C=C\C/C=C\C/C=C\C/C=C\C/C=C\CCC(=O)OC[C@@H](COC(=O)CCCCCCCCCCCCC)OC(=O)CCCCCCC/C=C\CCCCCCCC. The van der Waals surface area contributed by atoms with Crippen LogP contribution in [-0.4, -0.2) is 37.2 Å². The summed E-state index contributed by atoms with van der Waals surface area (Å²) in [4.78, 5) is 37.9. The first-order valence-electron chi connectivity index (χ1n) is 26.1. The fourth-order valence-electron chi connectivity index (χ4n) is 6.99. The summed E-state index contributed by atoms with van der Waals surface area (Å²) in [5.74, 6) is -0.999.